The lowest BCUT2D eigenvalue weighted by atomic mass is 9.82. The number of hydrogen-bond acceptors (Lipinski definition) is 4. The van der Waals surface area contributed by atoms with Gasteiger partial charge in [-0.15, -0.1) is 0 Å². The SMILES string of the molecule is C=C(C1=C(C)CC(C(=O)OCC)(C(=O)OCC)C1)c1ccccc1. The molecule has 4 nitrogen and oxygen atoms in total. The second kappa shape index (κ2) is 7.47. The molecule has 0 bridgehead atoms. The molecular formula is C20H24O4. The van der Waals surface area contributed by atoms with Crippen LogP contribution in [-0.4, -0.2) is 25.2 Å². The fraction of sp³-hybridized carbons (Fsp3) is 0.400. The molecule has 0 N–H and O–H groups in total. The minimum absolute atomic E-state index is 0.230. The number of ether oxygens (including phenoxy) is 2. The molecule has 1 aromatic carbocycles. The van der Waals surface area contributed by atoms with Crippen LogP contribution in [0, 0.1) is 5.41 Å². The molecule has 0 saturated heterocycles. The zero-order valence-corrected chi connectivity index (χ0v) is 14.6. The smallest absolute Gasteiger partial charge is 0.324 e. The van der Waals surface area contributed by atoms with Crippen molar-refractivity contribution in [1.29, 1.82) is 0 Å². The molecule has 1 aromatic rings. The second-order valence-electron chi connectivity index (χ2n) is 5.98. The van der Waals surface area contributed by atoms with Crippen molar-refractivity contribution in [1.82, 2.24) is 0 Å². The molecule has 0 radical (unpaired) electrons. The van der Waals surface area contributed by atoms with E-state index >= 15 is 0 Å². The Kier molecular flexibility index (Phi) is 5.60. The van der Waals surface area contributed by atoms with Gasteiger partial charge in [0.1, 0.15) is 0 Å². The third-order valence-corrected chi connectivity index (χ3v) is 4.38. The highest BCUT2D eigenvalue weighted by Crippen LogP contribution is 2.48. The highest BCUT2D eigenvalue weighted by molar-refractivity contribution is 6.02. The van der Waals surface area contributed by atoms with Gasteiger partial charge in [0.15, 0.2) is 5.41 Å². The van der Waals surface area contributed by atoms with Crippen molar-refractivity contribution in [3.63, 3.8) is 0 Å². The van der Waals surface area contributed by atoms with Crippen LogP contribution in [0.25, 0.3) is 5.57 Å². The van der Waals surface area contributed by atoms with E-state index < -0.39 is 17.4 Å². The number of carbonyl (C=O) groups is 2. The van der Waals surface area contributed by atoms with Crippen LogP contribution in [0.3, 0.4) is 0 Å². The van der Waals surface area contributed by atoms with Crippen LogP contribution >= 0.6 is 0 Å². The topological polar surface area (TPSA) is 52.6 Å². The summed E-state index contributed by atoms with van der Waals surface area (Å²) >= 11 is 0. The maximum atomic E-state index is 12.6. The standard InChI is InChI=1S/C20H24O4/c1-5-23-18(21)20(19(22)24-6-2)12-14(3)17(13-20)15(4)16-10-8-7-9-11-16/h7-11H,4-6,12-13H2,1-3H3. The molecule has 2 rings (SSSR count). The molecule has 0 saturated carbocycles. The summed E-state index contributed by atoms with van der Waals surface area (Å²) in [5, 5.41) is 0. The molecule has 24 heavy (non-hydrogen) atoms. The van der Waals surface area contributed by atoms with Crippen LogP contribution in [0.15, 0.2) is 48.1 Å². The van der Waals surface area contributed by atoms with Crippen molar-refractivity contribution < 1.29 is 19.1 Å². The van der Waals surface area contributed by atoms with Gasteiger partial charge >= 0.3 is 11.9 Å². The summed E-state index contributed by atoms with van der Waals surface area (Å²) in [6.45, 7) is 10.0. The van der Waals surface area contributed by atoms with Crippen LogP contribution in [0.5, 0.6) is 0 Å². The molecule has 0 atom stereocenters. The van der Waals surface area contributed by atoms with E-state index in [2.05, 4.69) is 6.58 Å². The van der Waals surface area contributed by atoms with Gasteiger partial charge in [0, 0.05) is 6.42 Å². The fourth-order valence-corrected chi connectivity index (χ4v) is 3.16. The van der Waals surface area contributed by atoms with E-state index in [1.807, 2.05) is 37.3 Å². The Morgan fingerprint density at radius 1 is 1.04 bits per heavy atom. The first-order valence-corrected chi connectivity index (χ1v) is 8.24. The highest BCUT2D eigenvalue weighted by Gasteiger charge is 2.53. The minimum Gasteiger partial charge on any atom is -0.465 e. The summed E-state index contributed by atoms with van der Waals surface area (Å²) < 4.78 is 10.4. The third kappa shape index (κ3) is 3.28. The lowest BCUT2D eigenvalue weighted by molar-refractivity contribution is -0.171. The van der Waals surface area contributed by atoms with Gasteiger partial charge in [0.25, 0.3) is 0 Å². The van der Waals surface area contributed by atoms with Crippen LogP contribution < -0.4 is 0 Å². The van der Waals surface area contributed by atoms with Crippen molar-refractivity contribution in [3.8, 4) is 0 Å². The van der Waals surface area contributed by atoms with Gasteiger partial charge in [0.2, 0.25) is 0 Å². The summed E-state index contributed by atoms with van der Waals surface area (Å²) in [5.74, 6) is -1.03. The normalized spacial score (nSPS) is 16.0. The monoisotopic (exact) mass is 328 g/mol. The Morgan fingerprint density at radius 2 is 1.58 bits per heavy atom. The van der Waals surface area contributed by atoms with E-state index in [9.17, 15) is 9.59 Å². The van der Waals surface area contributed by atoms with Crippen molar-refractivity contribution in [2.75, 3.05) is 13.2 Å². The molecule has 0 heterocycles. The second-order valence-corrected chi connectivity index (χ2v) is 5.98. The Morgan fingerprint density at radius 3 is 2.08 bits per heavy atom. The van der Waals surface area contributed by atoms with E-state index in [-0.39, 0.29) is 19.6 Å². The van der Waals surface area contributed by atoms with Gasteiger partial charge in [-0.05, 0) is 43.9 Å². The van der Waals surface area contributed by atoms with Gasteiger partial charge in [-0.1, -0.05) is 42.5 Å². The molecule has 128 valence electrons. The van der Waals surface area contributed by atoms with Crippen LogP contribution in [0.2, 0.25) is 0 Å². The van der Waals surface area contributed by atoms with Crippen molar-refractivity contribution in [3.05, 3.63) is 53.6 Å². The van der Waals surface area contributed by atoms with Crippen molar-refractivity contribution in [2.24, 2.45) is 5.41 Å². The van der Waals surface area contributed by atoms with E-state index in [4.69, 9.17) is 9.47 Å². The summed E-state index contributed by atoms with van der Waals surface area (Å²) in [6, 6.07) is 9.76. The van der Waals surface area contributed by atoms with Crippen LogP contribution in [0.4, 0.5) is 0 Å². The van der Waals surface area contributed by atoms with Gasteiger partial charge in [-0.25, -0.2) is 0 Å². The van der Waals surface area contributed by atoms with Gasteiger partial charge in [0.05, 0.1) is 13.2 Å². The average molecular weight is 328 g/mol. The first-order valence-electron chi connectivity index (χ1n) is 8.24. The highest BCUT2D eigenvalue weighted by atomic mass is 16.6. The van der Waals surface area contributed by atoms with Crippen molar-refractivity contribution in [2.45, 2.75) is 33.6 Å². The maximum Gasteiger partial charge on any atom is 0.324 e. The average Bonchev–Trinajstić information content (AvgIpc) is 2.94. The number of hydrogen-bond donors (Lipinski definition) is 0. The lowest BCUT2D eigenvalue weighted by Crippen LogP contribution is -2.40. The van der Waals surface area contributed by atoms with Crippen LogP contribution in [0.1, 0.15) is 39.2 Å². The number of carbonyl (C=O) groups excluding carboxylic acids is 2. The van der Waals surface area contributed by atoms with Gasteiger partial charge < -0.3 is 9.47 Å². The Hall–Kier alpha value is -2.36. The molecule has 0 amide bonds. The Balaban J connectivity index is 2.34. The number of esters is 2. The maximum absolute atomic E-state index is 12.6. The Bertz CT molecular complexity index is 652. The molecular weight excluding hydrogens is 304 g/mol. The van der Waals surface area contributed by atoms with Gasteiger partial charge in [-0.2, -0.15) is 0 Å². The van der Waals surface area contributed by atoms with E-state index in [0.29, 0.717) is 6.42 Å². The lowest BCUT2D eigenvalue weighted by Gasteiger charge is -2.25. The molecule has 0 unspecified atom stereocenters. The molecule has 4 heteroatoms. The predicted molar refractivity (Wildman–Crippen MR) is 93.1 cm³/mol. The largest absolute Gasteiger partial charge is 0.465 e. The zero-order valence-electron chi connectivity index (χ0n) is 14.6. The molecule has 0 aliphatic heterocycles. The molecule has 1 aliphatic rings. The summed E-state index contributed by atoms with van der Waals surface area (Å²) in [4.78, 5) is 25.1. The van der Waals surface area contributed by atoms with Crippen LogP contribution in [-0.2, 0) is 19.1 Å². The molecule has 0 spiro atoms. The molecule has 1 aliphatic carbocycles. The Labute approximate surface area is 143 Å². The predicted octanol–water partition coefficient (Wildman–Crippen LogP) is 3.92. The minimum atomic E-state index is -1.29. The number of allylic oxidation sites excluding steroid dienone is 3. The fourth-order valence-electron chi connectivity index (χ4n) is 3.16. The molecule has 0 fully saturated rings. The third-order valence-electron chi connectivity index (χ3n) is 4.38. The van der Waals surface area contributed by atoms with E-state index in [1.54, 1.807) is 13.8 Å². The summed E-state index contributed by atoms with van der Waals surface area (Å²) in [7, 11) is 0. The van der Waals surface area contributed by atoms with E-state index in [1.165, 1.54) is 0 Å². The number of rotatable bonds is 6. The van der Waals surface area contributed by atoms with E-state index in [0.717, 1.165) is 22.3 Å². The quantitative estimate of drug-likeness (QED) is 0.586. The summed E-state index contributed by atoms with van der Waals surface area (Å²) in [6.07, 6.45) is 0.579. The zero-order chi connectivity index (χ0) is 17.7. The first-order chi connectivity index (χ1) is 11.5. The van der Waals surface area contributed by atoms with Crippen molar-refractivity contribution >= 4 is 17.5 Å². The summed E-state index contributed by atoms with van der Waals surface area (Å²) in [5.41, 5.74) is 2.44. The first kappa shape index (κ1) is 18.0. The van der Waals surface area contributed by atoms with Gasteiger partial charge in [-0.3, -0.25) is 9.59 Å². The molecule has 0 aromatic heterocycles. The number of benzene rings is 1.